The summed E-state index contributed by atoms with van der Waals surface area (Å²) in [5.74, 6) is 0. The van der Waals surface area contributed by atoms with E-state index in [2.05, 4.69) is 10.3 Å². The van der Waals surface area contributed by atoms with Gasteiger partial charge in [-0.3, -0.25) is 0 Å². The van der Waals surface area contributed by atoms with Crippen LogP contribution in [0, 0.1) is 0 Å². The zero-order chi connectivity index (χ0) is 8.55. The highest BCUT2D eigenvalue weighted by Crippen LogP contribution is 2.16. The number of rotatable bonds is 1. The molecule has 1 heterocycles. The van der Waals surface area contributed by atoms with Gasteiger partial charge in [0.05, 0.1) is 5.52 Å². The Hall–Kier alpha value is -1.52. The van der Waals surface area contributed by atoms with Gasteiger partial charge in [0, 0.05) is 0 Å². The van der Waals surface area contributed by atoms with Crippen LogP contribution in [0.2, 0.25) is 0 Å². The summed E-state index contributed by atoms with van der Waals surface area (Å²) in [5.41, 5.74) is 0.838. The lowest BCUT2D eigenvalue weighted by molar-refractivity contribution is 0.0593. The van der Waals surface area contributed by atoms with Crippen molar-refractivity contribution in [3.63, 3.8) is 0 Å². The molecular formula is C7H5F2N3. The minimum absolute atomic E-state index is 0.354. The smallest absolute Gasteiger partial charge is 0.184 e. The Balaban J connectivity index is 2.70. The molecule has 0 N–H and O–H groups in total. The molecule has 2 rings (SSSR count). The third-order valence-electron chi connectivity index (χ3n) is 1.56. The fraction of sp³-hybridized carbons (Fsp3) is 0.143. The number of hydrogen-bond donors (Lipinski definition) is 0. The van der Waals surface area contributed by atoms with Gasteiger partial charge in [0.25, 0.3) is 0 Å². The van der Waals surface area contributed by atoms with E-state index in [1.807, 2.05) is 0 Å². The van der Waals surface area contributed by atoms with Crippen molar-refractivity contribution in [3.8, 4) is 0 Å². The molecule has 5 heteroatoms. The Kier molecular flexibility index (Phi) is 1.49. The van der Waals surface area contributed by atoms with Crippen LogP contribution in [0.25, 0.3) is 11.0 Å². The Morgan fingerprint density at radius 1 is 1.25 bits per heavy atom. The van der Waals surface area contributed by atoms with E-state index in [9.17, 15) is 8.78 Å². The van der Waals surface area contributed by atoms with Gasteiger partial charge < -0.3 is 0 Å². The second-order valence-electron chi connectivity index (χ2n) is 2.30. The lowest BCUT2D eigenvalue weighted by Crippen LogP contribution is -1.99. The van der Waals surface area contributed by atoms with Crippen LogP contribution in [0.1, 0.15) is 6.55 Å². The second kappa shape index (κ2) is 2.51. The Morgan fingerprint density at radius 2 is 2.00 bits per heavy atom. The van der Waals surface area contributed by atoms with E-state index in [1.165, 1.54) is 0 Å². The van der Waals surface area contributed by atoms with Crippen LogP contribution in [-0.2, 0) is 0 Å². The number of benzene rings is 1. The van der Waals surface area contributed by atoms with E-state index in [0.29, 0.717) is 15.7 Å². The van der Waals surface area contributed by atoms with Crippen molar-refractivity contribution in [2.24, 2.45) is 0 Å². The fourth-order valence-electron chi connectivity index (χ4n) is 1.03. The van der Waals surface area contributed by atoms with Gasteiger partial charge in [-0.1, -0.05) is 17.3 Å². The predicted octanol–water partition coefficient (Wildman–Crippen LogP) is 1.83. The number of fused-ring (bicyclic) bond motifs is 1. The maximum absolute atomic E-state index is 12.2. The van der Waals surface area contributed by atoms with Crippen molar-refractivity contribution < 1.29 is 8.78 Å². The number of halogens is 2. The summed E-state index contributed by atoms with van der Waals surface area (Å²) in [4.78, 5) is 0. The molecule has 12 heavy (non-hydrogen) atoms. The molecule has 1 aromatic heterocycles. The minimum atomic E-state index is -2.63. The molecule has 0 amide bonds. The molecule has 62 valence electrons. The SMILES string of the molecule is FC([18F])n1nnc2ccccc21. The maximum Gasteiger partial charge on any atom is 0.335 e. The number of para-hydroxylation sites is 1. The first-order valence-corrected chi connectivity index (χ1v) is 3.37. The molecule has 2 aromatic rings. The van der Waals surface area contributed by atoms with Crippen molar-refractivity contribution in [2.75, 3.05) is 0 Å². The molecule has 0 radical (unpaired) electrons. The minimum Gasteiger partial charge on any atom is -0.184 e. The zero-order valence-corrected chi connectivity index (χ0v) is 5.98. The molecule has 0 aliphatic rings. The van der Waals surface area contributed by atoms with Crippen LogP contribution in [-0.4, -0.2) is 15.0 Å². The van der Waals surface area contributed by atoms with Gasteiger partial charge in [0.1, 0.15) is 5.52 Å². The average Bonchev–Trinajstić information content (AvgIpc) is 2.47. The number of nitrogens with zero attached hydrogens (tertiary/aromatic N) is 3. The van der Waals surface area contributed by atoms with Gasteiger partial charge in [-0.15, -0.1) is 5.10 Å². The molecule has 0 saturated heterocycles. The van der Waals surface area contributed by atoms with Crippen LogP contribution in [0.5, 0.6) is 0 Å². The van der Waals surface area contributed by atoms with E-state index < -0.39 is 6.55 Å². The molecule has 0 bridgehead atoms. The standard InChI is InChI=1S/C7H5F2N3/c8-7(9)12-6-4-2-1-3-5(6)10-11-12/h1-4,7H/i8-1. The number of alkyl halides is 2. The van der Waals surface area contributed by atoms with Crippen LogP contribution < -0.4 is 0 Å². The molecule has 0 aliphatic carbocycles. The Bertz CT molecular complexity index is 396. The third-order valence-corrected chi connectivity index (χ3v) is 1.56. The van der Waals surface area contributed by atoms with E-state index in [-0.39, 0.29) is 0 Å². The van der Waals surface area contributed by atoms with Crippen LogP contribution in [0.4, 0.5) is 8.78 Å². The molecule has 0 saturated carbocycles. The summed E-state index contributed by atoms with van der Waals surface area (Å²) in [6, 6.07) is 6.60. The van der Waals surface area contributed by atoms with Crippen LogP contribution in [0.3, 0.4) is 0 Å². The van der Waals surface area contributed by atoms with Crippen molar-refractivity contribution in [2.45, 2.75) is 6.55 Å². The molecule has 1 aromatic carbocycles. The molecule has 0 spiro atoms. The quantitative estimate of drug-likeness (QED) is 0.650. The second-order valence-corrected chi connectivity index (χ2v) is 2.30. The maximum atomic E-state index is 12.2. The summed E-state index contributed by atoms with van der Waals surface area (Å²) >= 11 is 0. The van der Waals surface area contributed by atoms with E-state index >= 15 is 0 Å². The van der Waals surface area contributed by atoms with E-state index in [0.717, 1.165) is 0 Å². The molecule has 3 nitrogen and oxygen atoms in total. The number of aromatic nitrogens is 3. The van der Waals surface area contributed by atoms with Crippen molar-refractivity contribution >= 4 is 11.0 Å². The number of hydrogen-bond acceptors (Lipinski definition) is 2. The molecule has 0 fully saturated rings. The highest BCUT2D eigenvalue weighted by Gasteiger charge is 2.10. The summed E-state index contributed by atoms with van der Waals surface area (Å²) in [7, 11) is 0. The lowest BCUT2D eigenvalue weighted by atomic mass is 10.3. The van der Waals surface area contributed by atoms with Gasteiger partial charge in [-0.25, -0.2) is 0 Å². The summed E-state index contributed by atoms with van der Waals surface area (Å²) in [6.07, 6.45) is 0. The highest BCUT2D eigenvalue weighted by molar-refractivity contribution is 5.73. The molecule has 0 aliphatic heterocycles. The van der Waals surface area contributed by atoms with Gasteiger partial charge in [0.15, 0.2) is 0 Å². The van der Waals surface area contributed by atoms with Crippen LogP contribution >= 0.6 is 0 Å². The summed E-state index contributed by atoms with van der Waals surface area (Å²) in [6.45, 7) is -2.63. The molecule has 1 unspecified atom stereocenters. The molecule has 1 atom stereocenters. The van der Waals surface area contributed by atoms with E-state index in [4.69, 9.17) is 0 Å². The first-order valence-electron chi connectivity index (χ1n) is 3.37. The van der Waals surface area contributed by atoms with Gasteiger partial charge in [-0.05, 0) is 12.1 Å². The van der Waals surface area contributed by atoms with Crippen molar-refractivity contribution in [3.05, 3.63) is 24.3 Å². The fourth-order valence-corrected chi connectivity index (χ4v) is 1.03. The predicted molar refractivity (Wildman–Crippen MR) is 38.8 cm³/mol. The van der Waals surface area contributed by atoms with E-state index in [1.54, 1.807) is 24.3 Å². The Labute approximate surface area is 66.6 Å². The largest absolute Gasteiger partial charge is 0.335 e. The summed E-state index contributed by atoms with van der Waals surface area (Å²) < 4.78 is 25.0. The van der Waals surface area contributed by atoms with Gasteiger partial charge in [-0.2, -0.15) is 13.5 Å². The average molecular weight is 168 g/mol. The lowest BCUT2D eigenvalue weighted by Gasteiger charge is -1.96. The third kappa shape index (κ3) is 0.939. The van der Waals surface area contributed by atoms with Crippen LogP contribution in [0.15, 0.2) is 24.3 Å². The first kappa shape index (κ1) is 7.15. The molecular weight excluding hydrogens is 163 g/mol. The Morgan fingerprint density at radius 3 is 2.75 bits per heavy atom. The van der Waals surface area contributed by atoms with Crippen molar-refractivity contribution in [1.82, 2.24) is 15.0 Å². The topological polar surface area (TPSA) is 30.7 Å². The van der Waals surface area contributed by atoms with Gasteiger partial charge in [0.2, 0.25) is 0 Å². The monoisotopic (exact) mass is 168 g/mol. The normalized spacial score (nSPS) is 13.5. The van der Waals surface area contributed by atoms with Gasteiger partial charge >= 0.3 is 6.55 Å². The summed E-state index contributed by atoms with van der Waals surface area (Å²) in [5, 5.41) is 6.88. The zero-order valence-electron chi connectivity index (χ0n) is 5.98. The highest BCUT2D eigenvalue weighted by atomic mass is 19.2. The first-order chi connectivity index (χ1) is 5.79. The van der Waals surface area contributed by atoms with Crippen molar-refractivity contribution in [1.29, 1.82) is 0 Å².